The molecule has 0 aromatic carbocycles. The van der Waals surface area contributed by atoms with E-state index in [4.69, 9.17) is 10.4 Å². The van der Waals surface area contributed by atoms with Crippen LogP contribution in [0.3, 0.4) is 0 Å². The highest BCUT2D eigenvalue weighted by Crippen LogP contribution is 2.05. The van der Waals surface area contributed by atoms with Crippen LogP contribution < -0.4 is 0 Å². The van der Waals surface area contributed by atoms with Gasteiger partial charge in [0, 0.05) is 0 Å². The summed E-state index contributed by atoms with van der Waals surface area (Å²) < 4.78 is 4.41. The molecule has 13 heavy (non-hydrogen) atoms. The van der Waals surface area contributed by atoms with E-state index in [9.17, 15) is 0 Å². The van der Waals surface area contributed by atoms with Crippen LogP contribution in [0.25, 0.3) is 0 Å². The van der Waals surface area contributed by atoms with E-state index in [1.807, 2.05) is 0 Å². The minimum absolute atomic E-state index is 0.235. The Hall–Kier alpha value is -1.92. The first-order chi connectivity index (χ1) is 6.20. The number of oxime groups is 2. The molecule has 1 aromatic heterocycles. The standard InChI is InChI=1S/C6H8N4O3/c1-3(7-11)5-6(4(2)8-12)10-13-9-5/h11-12H,1-2H3/b7-3-,8-4-. The first-order valence-electron chi connectivity index (χ1n) is 3.41. The molecule has 0 atom stereocenters. The van der Waals surface area contributed by atoms with Gasteiger partial charge in [-0.25, -0.2) is 4.63 Å². The molecular formula is C6H8N4O3. The second kappa shape index (κ2) is 3.65. The van der Waals surface area contributed by atoms with Crippen molar-refractivity contribution < 1.29 is 15.0 Å². The first-order valence-corrected chi connectivity index (χ1v) is 3.41. The molecule has 0 saturated heterocycles. The summed E-state index contributed by atoms with van der Waals surface area (Å²) in [7, 11) is 0. The van der Waals surface area contributed by atoms with Crippen molar-refractivity contribution >= 4 is 11.4 Å². The van der Waals surface area contributed by atoms with Crippen LogP contribution in [0.1, 0.15) is 25.2 Å². The molecule has 0 radical (unpaired) electrons. The van der Waals surface area contributed by atoms with E-state index in [0.29, 0.717) is 0 Å². The SMILES string of the molecule is C/C(=N/O)c1nonc1/C(C)=N\O. The van der Waals surface area contributed by atoms with E-state index >= 15 is 0 Å². The second-order valence-corrected chi connectivity index (χ2v) is 2.33. The predicted octanol–water partition coefficient (Wildman–Crippen LogP) is 0.466. The summed E-state index contributed by atoms with van der Waals surface area (Å²) >= 11 is 0. The Morgan fingerprint density at radius 3 is 1.77 bits per heavy atom. The molecule has 0 aliphatic heterocycles. The Kier molecular flexibility index (Phi) is 2.58. The van der Waals surface area contributed by atoms with Crippen molar-refractivity contribution in [3.63, 3.8) is 0 Å². The largest absolute Gasteiger partial charge is 0.411 e. The fourth-order valence-electron chi connectivity index (χ4n) is 0.758. The maximum absolute atomic E-state index is 8.46. The Bertz CT molecular complexity index is 322. The number of hydrogen-bond donors (Lipinski definition) is 2. The lowest BCUT2D eigenvalue weighted by molar-refractivity contribution is 0.301. The van der Waals surface area contributed by atoms with Crippen LogP contribution >= 0.6 is 0 Å². The quantitative estimate of drug-likeness (QED) is 0.395. The van der Waals surface area contributed by atoms with Crippen LogP contribution in [0, 0.1) is 0 Å². The van der Waals surface area contributed by atoms with Crippen molar-refractivity contribution in [2.75, 3.05) is 0 Å². The van der Waals surface area contributed by atoms with Crippen molar-refractivity contribution in [3.8, 4) is 0 Å². The van der Waals surface area contributed by atoms with E-state index in [1.165, 1.54) is 13.8 Å². The zero-order valence-corrected chi connectivity index (χ0v) is 7.09. The lowest BCUT2D eigenvalue weighted by Crippen LogP contribution is -2.05. The molecule has 0 aliphatic carbocycles. The van der Waals surface area contributed by atoms with Crippen molar-refractivity contribution in [3.05, 3.63) is 11.4 Å². The van der Waals surface area contributed by atoms with Gasteiger partial charge in [-0.15, -0.1) is 0 Å². The van der Waals surface area contributed by atoms with Gasteiger partial charge in [-0.05, 0) is 24.2 Å². The van der Waals surface area contributed by atoms with Crippen molar-refractivity contribution in [2.24, 2.45) is 10.3 Å². The van der Waals surface area contributed by atoms with Gasteiger partial charge in [0.15, 0.2) is 11.4 Å². The van der Waals surface area contributed by atoms with Crippen LogP contribution in [0.4, 0.5) is 0 Å². The van der Waals surface area contributed by atoms with E-state index in [1.54, 1.807) is 0 Å². The minimum Gasteiger partial charge on any atom is -0.411 e. The summed E-state index contributed by atoms with van der Waals surface area (Å²) in [6.45, 7) is 3.04. The molecule has 0 fully saturated rings. The van der Waals surface area contributed by atoms with Gasteiger partial charge in [-0.3, -0.25) is 0 Å². The highest BCUT2D eigenvalue weighted by Gasteiger charge is 2.16. The van der Waals surface area contributed by atoms with E-state index in [-0.39, 0.29) is 22.8 Å². The topological polar surface area (TPSA) is 104 Å². The third kappa shape index (κ3) is 1.63. The fraction of sp³-hybridized carbons (Fsp3) is 0.333. The molecule has 1 aromatic rings. The molecule has 2 N–H and O–H groups in total. The highest BCUT2D eigenvalue weighted by molar-refractivity contribution is 6.08. The molecule has 7 heteroatoms. The predicted molar refractivity (Wildman–Crippen MR) is 42.3 cm³/mol. The molecule has 0 spiro atoms. The maximum atomic E-state index is 8.46. The zero-order valence-electron chi connectivity index (χ0n) is 7.09. The number of hydrogen-bond acceptors (Lipinski definition) is 7. The monoisotopic (exact) mass is 184 g/mol. The Balaban J connectivity index is 3.18. The smallest absolute Gasteiger partial charge is 0.161 e. The Morgan fingerprint density at radius 1 is 1.08 bits per heavy atom. The highest BCUT2D eigenvalue weighted by atomic mass is 16.6. The average molecular weight is 184 g/mol. The van der Waals surface area contributed by atoms with Crippen LogP contribution in [0.2, 0.25) is 0 Å². The molecule has 0 amide bonds. The molecule has 70 valence electrons. The lowest BCUT2D eigenvalue weighted by atomic mass is 10.2. The van der Waals surface area contributed by atoms with E-state index in [2.05, 4.69) is 25.3 Å². The molecule has 1 rings (SSSR count). The summed E-state index contributed by atoms with van der Waals surface area (Å²) in [5.74, 6) is 0. The van der Waals surface area contributed by atoms with Gasteiger partial charge in [0.05, 0.1) is 0 Å². The molecule has 0 saturated carbocycles. The molecule has 0 unspecified atom stereocenters. The fourth-order valence-corrected chi connectivity index (χ4v) is 0.758. The summed E-state index contributed by atoms with van der Waals surface area (Å²) in [5.41, 5.74) is 0.967. The molecule has 7 nitrogen and oxygen atoms in total. The minimum atomic E-state index is 0.235. The van der Waals surface area contributed by atoms with E-state index < -0.39 is 0 Å². The van der Waals surface area contributed by atoms with Gasteiger partial charge in [0.25, 0.3) is 0 Å². The second-order valence-electron chi connectivity index (χ2n) is 2.33. The van der Waals surface area contributed by atoms with Gasteiger partial charge >= 0.3 is 0 Å². The van der Waals surface area contributed by atoms with Crippen LogP contribution in [-0.4, -0.2) is 32.2 Å². The first kappa shape index (κ1) is 9.17. The van der Waals surface area contributed by atoms with Crippen molar-refractivity contribution in [1.29, 1.82) is 0 Å². The molecule has 1 heterocycles. The normalized spacial score (nSPS) is 13.4. The lowest BCUT2D eigenvalue weighted by Gasteiger charge is -1.93. The van der Waals surface area contributed by atoms with Crippen molar-refractivity contribution in [1.82, 2.24) is 10.3 Å². The Labute approximate surface area is 73.3 Å². The Morgan fingerprint density at radius 2 is 1.46 bits per heavy atom. The number of nitrogens with zero attached hydrogens (tertiary/aromatic N) is 4. The summed E-state index contributed by atoms with van der Waals surface area (Å²) in [5, 5.41) is 29.7. The maximum Gasteiger partial charge on any atom is 0.161 e. The van der Waals surface area contributed by atoms with Crippen LogP contribution in [-0.2, 0) is 0 Å². The van der Waals surface area contributed by atoms with Gasteiger partial charge < -0.3 is 10.4 Å². The molecule has 0 aliphatic rings. The third-order valence-corrected chi connectivity index (χ3v) is 1.47. The average Bonchev–Trinajstić information content (AvgIpc) is 2.63. The van der Waals surface area contributed by atoms with Gasteiger partial charge in [-0.1, -0.05) is 10.3 Å². The number of rotatable bonds is 2. The molecular weight excluding hydrogens is 176 g/mol. The van der Waals surface area contributed by atoms with Gasteiger partial charge in [0.2, 0.25) is 0 Å². The number of aromatic nitrogens is 2. The van der Waals surface area contributed by atoms with Crippen LogP contribution in [0.5, 0.6) is 0 Å². The third-order valence-electron chi connectivity index (χ3n) is 1.47. The summed E-state index contributed by atoms with van der Waals surface area (Å²) in [4.78, 5) is 0. The zero-order chi connectivity index (χ0) is 9.84. The van der Waals surface area contributed by atoms with Crippen LogP contribution in [0.15, 0.2) is 14.9 Å². The van der Waals surface area contributed by atoms with Gasteiger partial charge in [-0.2, -0.15) is 0 Å². The van der Waals surface area contributed by atoms with Gasteiger partial charge in [0.1, 0.15) is 11.4 Å². The summed E-state index contributed by atoms with van der Waals surface area (Å²) in [6.07, 6.45) is 0. The van der Waals surface area contributed by atoms with E-state index in [0.717, 1.165) is 0 Å². The summed E-state index contributed by atoms with van der Waals surface area (Å²) in [6, 6.07) is 0. The molecule has 0 bridgehead atoms. The van der Waals surface area contributed by atoms with Crippen molar-refractivity contribution in [2.45, 2.75) is 13.8 Å².